The summed E-state index contributed by atoms with van der Waals surface area (Å²) in [5.41, 5.74) is 0.877. The largest absolute Gasteiger partial charge is 0.416 e. The smallest absolute Gasteiger partial charge is 0.334 e. The summed E-state index contributed by atoms with van der Waals surface area (Å²) in [4.78, 5) is 15.2. The molecule has 23 heavy (non-hydrogen) atoms. The average molecular weight is 340 g/mol. The second kappa shape index (κ2) is 6.23. The van der Waals surface area contributed by atoms with Crippen LogP contribution in [0, 0.1) is 0 Å². The van der Waals surface area contributed by atoms with Crippen molar-refractivity contribution in [1.82, 2.24) is 10.2 Å². The van der Waals surface area contributed by atoms with Crippen LogP contribution in [0.1, 0.15) is 21.6 Å². The number of hydrogen-bond acceptors (Lipinski definition) is 2. The number of alkyl halides is 3. The maximum atomic E-state index is 12.7. The number of urea groups is 1. The molecule has 0 fully saturated rings. The predicted octanol–water partition coefficient (Wildman–Crippen LogP) is 4.03. The van der Waals surface area contributed by atoms with E-state index in [4.69, 9.17) is 0 Å². The first-order valence-corrected chi connectivity index (χ1v) is 8.05. The minimum absolute atomic E-state index is 0.0791. The van der Waals surface area contributed by atoms with Gasteiger partial charge < -0.3 is 10.2 Å². The molecule has 0 bridgehead atoms. The van der Waals surface area contributed by atoms with Gasteiger partial charge in [-0.1, -0.05) is 12.1 Å². The van der Waals surface area contributed by atoms with Crippen molar-refractivity contribution in [3.63, 3.8) is 0 Å². The molecule has 2 heterocycles. The van der Waals surface area contributed by atoms with Gasteiger partial charge in [-0.2, -0.15) is 13.2 Å². The van der Waals surface area contributed by atoms with E-state index in [9.17, 15) is 18.0 Å². The van der Waals surface area contributed by atoms with E-state index in [0.29, 0.717) is 18.7 Å². The highest BCUT2D eigenvalue weighted by Crippen LogP contribution is 2.29. The molecule has 122 valence electrons. The van der Waals surface area contributed by atoms with Crippen molar-refractivity contribution in [3.05, 3.63) is 57.3 Å². The van der Waals surface area contributed by atoms with Crippen LogP contribution in [-0.2, 0) is 25.7 Å². The Hall–Kier alpha value is -2.02. The minimum atomic E-state index is -4.37. The van der Waals surface area contributed by atoms with Crippen LogP contribution >= 0.6 is 11.3 Å². The first-order chi connectivity index (χ1) is 10.9. The van der Waals surface area contributed by atoms with Gasteiger partial charge in [-0.05, 0) is 41.1 Å². The Morgan fingerprint density at radius 2 is 2.13 bits per heavy atom. The summed E-state index contributed by atoms with van der Waals surface area (Å²) < 4.78 is 38.0. The van der Waals surface area contributed by atoms with Crippen molar-refractivity contribution in [1.29, 1.82) is 0 Å². The van der Waals surface area contributed by atoms with E-state index in [2.05, 4.69) is 5.32 Å². The molecule has 0 spiro atoms. The van der Waals surface area contributed by atoms with Crippen LogP contribution in [-0.4, -0.2) is 17.5 Å². The van der Waals surface area contributed by atoms with Crippen molar-refractivity contribution in [3.8, 4) is 0 Å². The van der Waals surface area contributed by atoms with Crippen LogP contribution in [0.2, 0.25) is 0 Å². The van der Waals surface area contributed by atoms with Gasteiger partial charge in [-0.25, -0.2) is 4.79 Å². The number of nitrogens with zero attached hydrogens (tertiary/aromatic N) is 1. The van der Waals surface area contributed by atoms with Crippen LogP contribution in [0.4, 0.5) is 18.0 Å². The molecule has 1 aliphatic rings. The highest BCUT2D eigenvalue weighted by atomic mass is 32.1. The predicted molar refractivity (Wildman–Crippen MR) is 82.1 cm³/mol. The lowest BCUT2D eigenvalue weighted by molar-refractivity contribution is -0.137. The zero-order valence-electron chi connectivity index (χ0n) is 12.2. The Labute approximate surface area is 135 Å². The van der Waals surface area contributed by atoms with Crippen LogP contribution in [0.3, 0.4) is 0 Å². The normalized spacial score (nSPS) is 14.5. The molecule has 1 aliphatic heterocycles. The molecule has 0 saturated heterocycles. The highest BCUT2D eigenvalue weighted by molar-refractivity contribution is 7.10. The summed E-state index contributed by atoms with van der Waals surface area (Å²) in [6.45, 7) is 1.25. The quantitative estimate of drug-likeness (QED) is 0.879. The van der Waals surface area contributed by atoms with Gasteiger partial charge in [0.05, 0.1) is 5.56 Å². The van der Waals surface area contributed by atoms with Gasteiger partial charge in [-0.15, -0.1) is 11.3 Å². The molecule has 0 unspecified atom stereocenters. The van der Waals surface area contributed by atoms with Crippen molar-refractivity contribution >= 4 is 17.4 Å². The second-order valence-electron chi connectivity index (χ2n) is 5.40. The fraction of sp³-hybridized carbons (Fsp3) is 0.312. The Morgan fingerprint density at radius 1 is 1.30 bits per heavy atom. The number of fused-ring (bicyclic) bond motifs is 1. The molecule has 1 aromatic carbocycles. The molecule has 1 N–H and O–H groups in total. The molecule has 2 aromatic rings. The fourth-order valence-electron chi connectivity index (χ4n) is 2.57. The Bertz CT molecular complexity index is 711. The zero-order valence-corrected chi connectivity index (χ0v) is 13.0. The van der Waals surface area contributed by atoms with Gasteiger partial charge >= 0.3 is 12.2 Å². The molecular formula is C16H15F3N2OS. The third-order valence-electron chi connectivity index (χ3n) is 3.79. The van der Waals surface area contributed by atoms with Gasteiger partial charge in [0.25, 0.3) is 0 Å². The van der Waals surface area contributed by atoms with E-state index in [1.54, 1.807) is 22.3 Å². The molecule has 0 atom stereocenters. The molecule has 0 radical (unpaired) electrons. The molecule has 2 amide bonds. The van der Waals surface area contributed by atoms with Crippen LogP contribution in [0.5, 0.6) is 0 Å². The summed E-state index contributed by atoms with van der Waals surface area (Å²) in [5.74, 6) is 0. The summed E-state index contributed by atoms with van der Waals surface area (Å²) in [6, 6.07) is 6.76. The van der Waals surface area contributed by atoms with E-state index in [-0.39, 0.29) is 12.6 Å². The number of amides is 2. The number of carbonyl (C=O) groups is 1. The minimum Gasteiger partial charge on any atom is -0.334 e. The van der Waals surface area contributed by atoms with Gasteiger partial charge in [0.15, 0.2) is 0 Å². The molecule has 7 heteroatoms. The lowest BCUT2D eigenvalue weighted by Gasteiger charge is -2.27. The maximum Gasteiger partial charge on any atom is 0.416 e. The standard InChI is InChI=1S/C16H15F3N2OS/c17-16(18,19)13-3-1-2-11(8-13)9-20-15(22)21-6-4-14-12(10-21)5-7-23-14/h1-3,5,7-8H,4,6,9-10H2,(H,20,22). The van der Waals surface area contributed by atoms with Gasteiger partial charge in [0.1, 0.15) is 0 Å². The summed E-state index contributed by atoms with van der Waals surface area (Å²) in [6.07, 6.45) is -3.55. The number of halogens is 3. The van der Waals surface area contributed by atoms with E-state index in [0.717, 1.165) is 24.1 Å². The molecule has 3 nitrogen and oxygen atoms in total. The third-order valence-corrected chi connectivity index (χ3v) is 4.82. The number of carbonyl (C=O) groups excluding carboxylic acids is 1. The molecule has 0 saturated carbocycles. The molecule has 0 aliphatic carbocycles. The van der Waals surface area contributed by atoms with E-state index in [1.165, 1.54) is 10.9 Å². The lowest BCUT2D eigenvalue weighted by Crippen LogP contribution is -2.42. The van der Waals surface area contributed by atoms with Crippen molar-refractivity contribution < 1.29 is 18.0 Å². The summed E-state index contributed by atoms with van der Waals surface area (Å²) in [5, 5.41) is 4.70. The number of benzene rings is 1. The van der Waals surface area contributed by atoms with Crippen molar-refractivity contribution in [2.24, 2.45) is 0 Å². The monoisotopic (exact) mass is 340 g/mol. The Balaban J connectivity index is 1.60. The zero-order chi connectivity index (χ0) is 16.4. The van der Waals surface area contributed by atoms with Gasteiger partial charge in [0.2, 0.25) is 0 Å². The van der Waals surface area contributed by atoms with Crippen molar-refractivity contribution in [2.75, 3.05) is 6.54 Å². The highest BCUT2D eigenvalue weighted by Gasteiger charge is 2.30. The van der Waals surface area contributed by atoms with E-state index >= 15 is 0 Å². The summed E-state index contributed by atoms with van der Waals surface area (Å²) in [7, 11) is 0. The number of hydrogen-bond donors (Lipinski definition) is 1. The summed E-state index contributed by atoms with van der Waals surface area (Å²) >= 11 is 1.69. The Morgan fingerprint density at radius 3 is 2.91 bits per heavy atom. The fourth-order valence-corrected chi connectivity index (χ4v) is 3.46. The second-order valence-corrected chi connectivity index (χ2v) is 6.40. The van der Waals surface area contributed by atoms with Gasteiger partial charge in [0, 0.05) is 24.5 Å². The Kier molecular flexibility index (Phi) is 4.30. The SMILES string of the molecule is O=C(NCc1cccc(C(F)(F)F)c1)N1CCc2sccc2C1. The van der Waals surface area contributed by atoms with Gasteiger partial charge in [-0.3, -0.25) is 0 Å². The van der Waals surface area contributed by atoms with E-state index in [1.807, 2.05) is 11.4 Å². The molecule has 3 rings (SSSR count). The first-order valence-electron chi connectivity index (χ1n) is 7.17. The van der Waals surface area contributed by atoms with Crippen molar-refractivity contribution in [2.45, 2.75) is 25.7 Å². The topological polar surface area (TPSA) is 32.3 Å². The number of rotatable bonds is 2. The van der Waals surface area contributed by atoms with Crippen LogP contribution in [0.15, 0.2) is 35.7 Å². The number of nitrogens with one attached hydrogen (secondary N) is 1. The van der Waals surface area contributed by atoms with Crippen LogP contribution in [0.25, 0.3) is 0 Å². The number of thiophene rings is 1. The third kappa shape index (κ3) is 3.67. The van der Waals surface area contributed by atoms with E-state index < -0.39 is 11.7 Å². The first kappa shape index (κ1) is 15.9. The average Bonchev–Trinajstić information content (AvgIpc) is 2.99. The molecule has 1 aromatic heterocycles. The maximum absolute atomic E-state index is 12.7. The van der Waals surface area contributed by atoms with Crippen LogP contribution < -0.4 is 5.32 Å². The molecular weight excluding hydrogens is 325 g/mol. The lowest BCUT2D eigenvalue weighted by atomic mass is 10.1.